The lowest BCUT2D eigenvalue weighted by atomic mass is 10.3. The van der Waals surface area contributed by atoms with Crippen LogP contribution >= 0.6 is 0 Å². The van der Waals surface area contributed by atoms with Crippen molar-refractivity contribution < 1.29 is 13.9 Å². The average Bonchev–Trinajstić information content (AvgIpc) is 2.41. The van der Waals surface area contributed by atoms with Crippen LogP contribution in [0.25, 0.3) is 0 Å². The molecule has 8 heteroatoms. The van der Waals surface area contributed by atoms with Crippen molar-refractivity contribution in [3.05, 3.63) is 24.0 Å². The summed E-state index contributed by atoms with van der Waals surface area (Å²) in [6.07, 6.45) is 0. The number of benzene rings is 1. The molecule has 0 radical (unpaired) electrons. The molecule has 0 bridgehead atoms. The number of aromatic nitrogens is 3. The Labute approximate surface area is 115 Å². The van der Waals surface area contributed by atoms with Crippen molar-refractivity contribution >= 4 is 17.6 Å². The van der Waals surface area contributed by atoms with Crippen LogP contribution in [0.4, 0.5) is 22.0 Å². The minimum atomic E-state index is -0.470. The number of rotatable bonds is 5. The van der Waals surface area contributed by atoms with Crippen molar-refractivity contribution in [1.29, 1.82) is 0 Å². The Bertz CT molecular complexity index is 608. The molecule has 2 aromatic rings. The van der Waals surface area contributed by atoms with Crippen molar-refractivity contribution in [3.63, 3.8) is 0 Å². The summed E-state index contributed by atoms with van der Waals surface area (Å²) in [6, 6.07) is 4.34. The second-order valence-corrected chi connectivity index (χ2v) is 3.70. The number of ether oxygens (including phenoxy) is 2. The van der Waals surface area contributed by atoms with E-state index in [4.69, 9.17) is 15.2 Å². The van der Waals surface area contributed by atoms with E-state index >= 15 is 0 Å². The maximum atomic E-state index is 13.7. The van der Waals surface area contributed by atoms with E-state index in [9.17, 15) is 4.39 Å². The summed E-state index contributed by atoms with van der Waals surface area (Å²) in [4.78, 5) is 11.6. The van der Waals surface area contributed by atoms with E-state index in [1.807, 2.05) is 0 Å². The third-order valence-corrected chi connectivity index (χ3v) is 2.33. The number of halogens is 1. The van der Waals surface area contributed by atoms with Gasteiger partial charge in [0.15, 0.2) is 0 Å². The Balaban J connectivity index is 2.29. The maximum Gasteiger partial charge on any atom is 0.323 e. The van der Waals surface area contributed by atoms with Crippen molar-refractivity contribution in [2.24, 2.45) is 0 Å². The molecule has 0 spiro atoms. The number of nitrogens with two attached hydrogens (primary N) is 1. The van der Waals surface area contributed by atoms with E-state index in [2.05, 4.69) is 20.3 Å². The molecule has 0 saturated carbocycles. The Hall–Kier alpha value is -2.64. The zero-order chi connectivity index (χ0) is 14.5. The summed E-state index contributed by atoms with van der Waals surface area (Å²) < 4.78 is 23.9. The quantitative estimate of drug-likeness (QED) is 0.860. The Morgan fingerprint density at radius 2 is 2.10 bits per heavy atom. The van der Waals surface area contributed by atoms with E-state index in [-0.39, 0.29) is 23.6 Å². The SMILES string of the molecule is CCOc1nc(N)nc(Nc2cc(OC)ccc2F)n1. The number of nitrogens with one attached hydrogen (secondary N) is 1. The molecule has 0 aliphatic rings. The standard InChI is InChI=1S/C12H14FN5O2/c1-3-20-12-17-10(14)16-11(18-12)15-9-6-7(19-2)4-5-8(9)13/h4-6H,3H2,1-2H3,(H3,14,15,16,17,18). The zero-order valence-corrected chi connectivity index (χ0v) is 11.1. The van der Waals surface area contributed by atoms with Gasteiger partial charge in [-0.1, -0.05) is 0 Å². The van der Waals surface area contributed by atoms with Crippen LogP contribution in [-0.2, 0) is 0 Å². The second kappa shape index (κ2) is 6.00. The summed E-state index contributed by atoms with van der Waals surface area (Å²) in [6.45, 7) is 2.17. The smallest absolute Gasteiger partial charge is 0.323 e. The minimum absolute atomic E-state index is 0.0192. The van der Waals surface area contributed by atoms with Crippen LogP contribution in [-0.4, -0.2) is 28.7 Å². The lowest BCUT2D eigenvalue weighted by Crippen LogP contribution is -2.07. The topological polar surface area (TPSA) is 95.2 Å². The monoisotopic (exact) mass is 279 g/mol. The predicted octanol–water partition coefficient (Wildman–Crippen LogP) is 1.74. The summed E-state index contributed by atoms with van der Waals surface area (Å²) in [5.41, 5.74) is 5.70. The first-order chi connectivity index (χ1) is 9.62. The molecule has 0 aliphatic heterocycles. The average molecular weight is 279 g/mol. The third-order valence-electron chi connectivity index (χ3n) is 2.33. The number of anilines is 3. The van der Waals surface area contributed by atoms with Gasteiger partial charge in [0.1, 0.15) is 11.6 Å². The Kier molecular flexibility index (Phi) is 4.14. The summed E-state index contributed by atoms with van der Waals surface area (Å²) in [5.74, 6) is 0.103. The first kappa shape index (κ1) is 13.8. The highest BCUT2D eigenvalue weighted by Gasteiger charge is 2.09. The highest BCUT2D eigenvalue weighted by molar-refractivity contribution is 5.57. The van der Waals surface area contributed by atoms with E-state index in [1.165, 1.54) is 25.3 Å². The molecule has 0 atom stereocenters. The van der Waals surface area contributed by atoms with Crippen LogP contribution in [0.5, 0.6) is 11.8 Å². The van der Waals surface area contributed by atoms with Crippen LogP contribution in [0.3, 0.4) is 0 Å². The van der Waals surface area contributed by atoms with Crippen LogP contribution in [0.2, 0.25) is 0 Å². The molecule has 3 N–H and O–H groups in total. The van der Waals surface area contributed by atoms with E-state index < -0.39 is 5.82 Å². The molecule has 0 unspecified atom stereocenters. The van der Waals surface area contributed by atoms with Crippen molar-refractivity contribution in [2.45, 2.75) is 6.92 Å². The van der Waals surface area contributed by atoms with Crippen LogP contribution in [0.1, 0.15) is 6.92 Å². The summed E-state index contributed by atoms with van der Waals surface area (Å²) in [5, 5.41) is 2.71. The highest BCUT2D eigenvalue weighted by Crippen LogP contribution is 2.24. The molecule has 0 aliphatic carbocycles. The maximum absolute atomic E-state index is 13.7. The van der Waals surface area contributed by atoms with Gasteiger partial charge in [-0.25, -0.2) is 4.39 Å². The number of nitrogens with zero attached hydrogens (tertiary/aromatic N) is 3. The van der Waals surface area contributed by atoms with Crippen LogP contribution < -0.4 is 20.5 Å². The fourth-order valence-corrected chi connectivity index (χ4v) is 1.47. The van der Waals surface area contributed by atoms with Gasteiger partial charge in [0.2, 0.25) is 11.9 Å². The minimum Gasteiger partial charge on any atom is -0.497 e. The number of methoxy groups -OCH3 is 1. The van der Waals surface area contributed by atoms with Crippen molar-refractivity contribution in [2.75, 3.05) is 24.8 Å². The van der Waals surface area contributed by atoms with E-state index in [0.717, 1.165) is 0 Å². The van der Waals surface area contributed by atoms with Gasteiger partial charge < -0.3 is 20.5 Å². The lowest BCUT2D eigenvalue weighted by Gasteiger charge is -2.09. The van der Waals surface area contributed by atoms with Gasteiger partial charge in [-0.3, -0.25) is 0 Å². The van der Waals surface area contributed by atoms with E-state index in [0.29, 0.717) is 12.4 Å². The fourth-order valence-electron chi connectivity index (χ4n) is 1.47. The van der Waals surface area contributed by atoms with Gasteiger partial charge in [0.05, 0.1) is 19.4 Å². The summed E-state index contributed by atoms with van der Waals surface area (Å²) in [7, 11) is 1.49. The van der Waals surface area contributed by atoms with Gasteiger partial charge >= 0.3 is 6.01 Å². The van der Waals surface area contributed by atoms with Gasteiger partial charge in [0, 0.05) is 6.07 Å². The van der Waals surface area contributed by atoms with Crippen molar-refractivity contribution in [3.8, 4) is 11.8 Å². The molecule has 1 aromatic carbocycles. The first-order valence-corrected chi connectivity index (χ1v) is 5.87. The molecule has 0 fully saturated rings. The molecular formula is C12H14FN5O2. The predicted molar refractivity (Wildman–Crippen MR) is 71.6 cm³/mol. The Morgan fingerprint density at radius 3 is 2.80 bits per heavy atom. The zero-order valence-electron chi connectivity index (χ0n) is 11.1. The van der Waals surface area contributed by atoms with Crippen LogP contribution in [0, 0.1) is 5.82 Å². The number of hydrogen-bond acceptors (Lipinski definition) is 7. The second-order valence-electron chi connectivity index (χ2n) is 3.70. The number of nitrogen functional groups attached to an aromatic ring is 1. The van der Waals surface area contributed by atoms with Gasteiger partial charge in [-0.15, -0.1) is 0 Å². The van der Waals surface area contributed by atoms with Crippen LogP contribution in [0.15, 0.2) is 18.2 Å². The van der Waals surface area contributed by atoms with Gasteiger partial charge in [-0.05, 0) is 19.1 Å². The molecule has 1 aromatic heterocycles. The third kappa shape index (κ3) is 3.22. The summed E-state index contributed by atoms with van der Waals surface area (Å²) >= 11 is 0. The molecule has 2 rings (SSSR count). The molecule has 7 nitrogen and oxygen atoms in total. The normalized spacial score (nSPS) is 10.2. The van der Waals surface area contributed by atoms with E-state index in [1.54, 1.807) is 6.92 Å². The lowest BCUT2D eigenvalue weighted by molar-refractivity contribution is 0.312. The largest absolute Gasteiger partial charge is 0.497 e. The fraction of sp³-hybridized carbons (Fsp3) is 0.250. The molecule has 1 heterocycles. The first-order valence-electron chi connectivity index (χ1n) is 5.87. The van der Waals surface area contributed by atoms with Gasteiger partial charge in [0.25, 0.3) is 0 Å². The molecule has 106 valence electrons. The highest BCUT2D eigenvalue weighted by atomic mass is 19.1. The number of hydrogen-bond donors (Lipinski definition) is 2. The molecular weight excluding hydrogens is 265 g/mol. The van der Waals surface area contributed by atoms with Gasteiger partial charge in [-0.2, -0.15) is 15.0 Å². The Morgan fingerprint density at radius 1 is 1.30 bits per heavy atom. The molecule has 0 amide bonds. The molecule has 0 saturated heterocycles. The molecule has 20 heavy (non-hydrogen) atoms. The van der Waals surface area contributed by atoms with Crippen molar-refractivity contribution in [1.82, 2.24) is 15.0 Å².